The summed E-state index contributed by atoms with van der Waals surface area (Å²) >= 11 is 8.33. The number of aliphatic hydroxyl groups excluding tert-OH is 4. The van der Waals surface area contributed by atoms with Crippen molar-refractivity contribution in [2.75, 3.05) is 12.4 Å². The van der Waals surface area contributed by atoms with E-state index in [0.717, 1.165) is 12.0 Å². The minimum absolute atomic E-state index is 0.449. The number of rotatable bonds is 4. The third-order valence-corrected chi connectivity index (χ3v) is 7.23. The number of aliphatic hydroxyl groups is 4. The zero-order valence-electron chi connectivity index (χ0n) is 15.9. The summed E-state index contributed by atoms with van der Waals surface area (Å²) in [6, 6.07) is 11.9. The zero-order valence-corrected chi connectivity index (χ0v) is 17.4. The highest BCUT2D eigenvalue weighted by atomic mass is 35.5. The Hall–Kier alpha value is -1.12. The van der Waals surface area contributed by atoms with Gasteiger partial charge in [0.15, 0.2) is 0 Å². The fourth-order valence-corrected chi connectivity index (χ4v) is 5.23. The molecule has 5 atom stereocenters. The molecule has 0 amide bonds. The average molecular weight is 437 g/mol. The highest BCUT2D eigenvalue weighted by Crippen LogP contribution is 2.35. The van der Waals surface area contributed by atoms with Gasteiger partial charge in [-0.2, -0.15) is 0 Å². The van der Waals surface area contributed by atoms with Crippen molar-refractivity contribution in [2.24, 2.45) is 0 Å². The van der Waals surface area contributed by atoms with Gasteiger partial charge in [0.1, 0.15) is 30.5 Å². The fraction of sp³-hybridized carbons (Fsp3) is 0.455. The Balaban J connectivity index is 1.59. The Morgan fingerprint density at radius 2 is 1.86 bits per heavy atom. The number of thioether (sulfide) groups is 1. The quantitative estimate of drug-likeness (QED) is 0.588. The summed E-state index contributed by atoms with van der Waals surface area (Å²) in [7, 11) is 0. The van der Waals surface area contributed by atoms with Gasteiger partial charge in [-0.15, -0.1) is 11.8 Å². The topological polar surface area (TPSA) is 90.2 Å². The third-order valence-electron chi connectivity index (χ3n) is 5.66. The first-order valence-electron chi connectivity index (χ1n) is 9.81. The average Bonchev–Trinajstić information content (AvgIpc) is 2.74. The molecule has 0 radical (unpaired) electrons. The summed E-state index contributed by atoms with van der Waals surface area (Å²) in [5.74, 6) is 1.17. The lowest BCUT2D eigenvalue weighted by molar-refractivity contribution is -0.231. The molecule has 0 saturated carbocycles. The number of hydrogen-bond acceptors (Lipinski definition) is 6. The maximum atomic E-state index is 10.4. The van der Waals surface area contributed by atoms with Crippen molar-refractivity contribution in [3.63, 3.8) is 0 Å². The number of aryl methyl sites for hydroxylation is 1. The molecule has 2 heterocycles. The van der Waals surface area contributed by atoms with E-state index in [0.29, 0.717) is 17.0 Å². The SMILES string of the molecule is OC[C@H]1O[C@@H](c2ccc(Cl)c(Cc3ccc4c(c3)CCCS4)c2)[C@H](O)[C@@H](O)[C@@H]1O. The predicted molar refractivity (Wildman–Crippen MR) is 112 cm³/mol. The maximum absolute atomic E-state index is 10.4. The fourth-order valence-electron chi connectivity index (χ4n) is 4.03. The Morgan fingerprint density at radius 1 is 1.03 bits per heavy atom. The van der Waals surface area contributed by atoms with Crippen LogP contribution >= 0.6 is 23.4 Å². The summed E-state index contributed by atoms with van der Waals surface area (Å²) in [4.78, 5) is 1.35. The molecule has 0 aliphatic carbocycles. The second-order valence-electron chi connectivity index (χ2n) is 7.67. The van der Waals surface area contributed by atoms with E-state index < -0.39 is 37.1 Å². The zero-order chi connectivity index (χ0) is 20.5. The molecule has 1 saturated heterocycles. The van der Waals surface area contributed by atoms with Crippen molar-refractivity contribution < 1.29 is 25.2 Å². The first-order chi connectivity index (χ1) is 14.0. The summed E-state index contributed by atoms with van der Waals surface area (Å²) < 4.78 is 5.68. The lowest BCUT2D eigenvalue weighted by Gasteiger charge is -2.40. The Kier molecular flexibility index (Phi) is 6.51. The summed E-state index contributed by atoms with van der Waals surface area (Å²) in [5.41, 5.74) is 4.08. The molecular formula is C22H25ClO5S. The van der Waals surface area contributed by atoms with Crippen LogP contribution in [0.2, 0.25) is 5.02 Å². The van der Waals surface area contributed by atoms with Crippen molar-refractivity contribution >= 4 is 23.4 Å². The van der Waals surface area contributed by atoms with E-state index in [9.17, 15) is 20.4 Å². The van der Waals surface area contributed by atoms with Gasteiger partial charge in [0.25, 0.3) is 0 Å². The van der Waals surface area contributed by atoms with Gasteiger partial charge >= 0.3 is 0 Å². The monoisotopic (exact) mass is 436 g/mol. The second-order valence-corrected chi connectivity index (χ2v) is 9.22. The van der Waals surface area contributed by atoms with Crippen LogP contribution in [0, 0.1) is 0 Å². The molecule has 2 aromatic carbocycles. The second kappa shape index (κ2) is 8.94. The number of ether oxygens (including phenoxy) is 1. The number of halogens is 1. The standard InChI is InChI=1S/C22H25ClO5S/c23-16-5-4-14(22-21(27)20(26)19(25)17(11-24)28-22)10-15(16)9-12-3-6-18-13(8-12)2-1-7-29-18/h3-6,8,10,17,19-22,24-27H,1-2,7,9,11H2/t17-,19-,20+,21-,22+/m1/s1. The first kappa shape index (κ1) is 21.1. The van der Waals surface area contributed by atoms with Crippen LogP contribution < -0.4 is 0 Å². The van der Waals surface area contributed by atoms with E-state index in [2.05, 4.69) is 18.2 Å². The molecule has 2 aliphatic rings. The van der Waals surface area contributed by atoms with Crippen LogP contribution in [0.3, 0.4) is 0 Å². The number of fused-ring (bicyclic) bond motifs is 1. The molecular weight excluding hydrogens is 412 g/mol. The third kappa shape index (κ3) is 4.35. The Morgan fingerprint density at radius 3 is 2.66 bits per heavy atom. The van der Waals surface area contributed by atoms with E-state index in [4.69, 9.17) is 16.3 Å². The van der Waals surface area contributed by atoms with Crippen LogP contribution in [0.4, 0.5) is 0 Å². The summed E-state index contributed by atoms with van der Waals surface area (Å²) in [5, 5.41) is 40.5. The maximum Gasteiger partial charge on any atom is 0.113 e. The van der Waals surface area contributed by atoms with E-state index in [1.54, 1.807) is 12.1 Å². The molecule has 2 aromatic rings. The minimum atomic E-state index is -1.40. The Bertz CT molecular complexity index is 874. The van der Waals surface area contributed by atoms with E-state index in [1.807, 2.05) is 17.8 Å². The van der Waals surface area contributed by atoms with Crippen LogP contribution in [0.15, 0.2) is 41.3 Å². The van der Waals surface area contributed by atoms with Gasteiger partial charge in [0.2, 0.25) is 0 Å². The van der Waals surface area contributed by atoms with Crippen LogP contribution in [0.25, 0.3) is 0 Å². The molecule has 0 spiro atoms. The van der Waals surface area contributed by atoms with Crippen molar-refractivity contribution in [1.29, 1.82) is 0 Å². The van der Waals surface area contributed by atoms with Gasteiger partial charge < -0.3 is 25.2 Å². The normalized spacial score (nSPS) is 29.5. The van der Waals surface area contributed by atoms with E-state index in [-0.39, 0.29) is 0 Å². The molecule has 4 N–H and O–H groups in total. The lowest BCUT2D eigenvalue weighted by atomic mass is 9.90. The van der Waals surface area contributed by atoms with Gasteiger partial charge in [-0.05, 0) is 59.4 Å². The van der Waals surface area contributed by atoms with Crippen LogP contribution in [-0.4, -0.2) is 57.2 Å². The summed E-state index contributed by atoms with van der Waals surface area (Å²) in [6.45, 7) is -0.449. The largest absolute Gasteiger partial charge is 0.394 e. The lowest BCUT2D eigenvalue weighted by Crippen LogP contribution is -2.55. The smallest absolute Gasteiger partial charge is 0.113 e. The van der Waals surface area contributed by atoms with Gasteiger partial charge in [0, 0.05) is 9.92 Å². The molecule has 0 unspecified atom stereocenters. The molecule has 2 aliphatic heterocycles. The highest BCUT2D eigenvalue weighted by Gasteiger charge is 2.44. The van der Waals surface area contributed by atoms with Crippen molar-refractivity contribution in [1.82, 2.24) is 0 Å². The van der Waals surface area contributed by atoms with Gasteiger partial charge in [-0.3, -0.25) is 0 Å². The van der Waals surface area contributed by atoms with Gasteiger partial charge in [0.05, 0.1) is 6.61 Å². The van der Waals surface area contributed by atoms with Gasteiger partial charge in [-0.1, -0.05) is 35.9 Å². The van der Waals surface area contributed by atoms with Crippen LogP contribution in [0.5, 0.6) is 0 Å². The van der Waals surface area contributed by atoms with Crippen LogP contribution in [0.1, 0.15) is 34.8 Å². The number of hydrogen-bond donors (Lipinski definition) is 4. The Labute approximate surface area is 179 Å². The van der Waals surface area contributed by atoms with Crippen LogP contribution in [-0.2, 0) is 17.6 Å². The van der Waals surface area contributed by atoms with E-state index >= 15 is 0 Å². The molecule has 29 heavy (non-hydrogen) atoms. The van der Waals surface area contributed by atoms with Crippen molar-refractivity contribution in [3.8, 4) is 0 Å². The van der Waals surface area contributed by atoms with Crippen molar-refractivity contribution in [2.45, 2.75) is 54.7 Å². The molecule has 1 fully saturated rings. The predicted octanol–water partition coefficient (Wildman–Crippen LogP) is 2.48. The van der Waals surface area contributed by atoms with Gasteiger partial charge in [-0.25, -0.2) is 0 Å². The molecule has 0 aromatic heterocycles. The molecule has 4 rings (SSSR count). The molecule has 5 nitrogen and oxygen atoms in total. The first-order valence-corrected chi connectivity index (χ1v) is 11.2. The van der Waals surface area contributed by atoms with Crippen molar-refractivity contribution in [3.05, 3.63) is 63.7 Å². The molecule has 156 valence electrons. The van der Waals surface area contributed by atoms with E-state index in [1.165, 1.54) is 28.2 Å². The highest BCUT2D eigenvalue weighted by molar-refractivity contribution is 7.99. The minimum Gasteiger partial charge on any atom is -0.394 e. The number of benzene rings is 2. The summed E-state index contributed by atoms with van der Waals surface area (Å²) in [6.07, 6.45) is -2.94. The molecule has 7 heteroatoms. The molecule has 0 bridgehead atoms.